The van der Waals surface area contributed by atoms with Crippen LogP contribution >= 0.6 is 0 Å². The maximum atomic E-state index is 11.6. The summed E-state index contributed by atoms with van der Waals surface area (Å²) in [6, 6.07) is 0. The number of carbonyl (C=O) groups excluding carboxylic acids is 1. The molecular weight excluding hydrogens is 162 g/mol. The lowest BCUT2D eigenvalue weighted by Gasteiger charge is -2.25. The average Bonchev–Trinajstić information content (AvgIpc) is 2.17. The monoisotopic (exact) mass is 181 g/mol. The molecule has 0 heterocycles. The summed E-state index contributed by atoms with van der Waals surface area (Å²) < 4.78 is 0. The molecule has 0 spiro atoms. The van der Waals surface area contributed by atoms with Crippen molar-refractivity contribution in [2.24, 2.45) is 11.8 Å². The molecule has 1 aliphatic rings. The van der Waals surface area contributed by atoms with Crippen LogP contribution in [-0.4, -0.2) is 24.9 Å². The number of allylic oxidation sites excluding steroid dienone is 2. The van der Waals surface area contributed by atoms with E-state index in [4.69, 9.17) is 0 Å². The van der Waals surface area contributed by atoms with Crippen molar-refractivity contribution < 1.29 is 4.79 Å². The fraction of sp³-hybridized carbons (Fsp3) is 0.727. The third-order valence-electron chi connectivity index (χ3n) is 2.76. The van der Waals surface area contributed by atoms with Gasteiger partial charge in [-0.05, 0) is 25.2 Å². The molecule has 0 aromatic rings. The highest BCUT2D eigenvalue weighted by Crippen LogP contribution is 2.25. The lowest BCUT2D eigenvalue weighted by Crippen LogP contribution is -2.32. The molecule has 0 aromatic carbocycles. The van der Waals surface area contributed by atoms with E-state index in [0.717, 1.165) is 6.42 Å². The van der Waals surface area contributed by atoms with Crippen molar-refractivity contribution >= 4 is 5.91 Å². The van der Waals surface area contributed by atoms with Gasteiger partial charge in [-0.15, -0.1) is 0 Å². The van der Waals surface area contributed by atoms with Crippen LogP contribution < -0.4 is 0 Å². The summed E-state index contributed by atoms with van der Waals surface area (Å²) in [5.74, 6) is 0.853. The van der Waals surface area contributed by atoms with E-state index in [1.54, 1.807) is 4.90 Å². The number of hydrogen-bond donors (Lipinski definition) is 0. The lowest BCUT2D eigenvalue weighted by atomic mass is 9.85. The van der Waals surface area contributed by atoms with Gasteiger partial charge in [-0.3, -0.25) is 4.79 Å². The molecule has 2 atom stereocenters. The van der Waals surface area contributed by atoms with Crippen molar-refractivity contribution in [3.63, 3.8) is 0 Å². The third kappa shape index (κ3) is 2.58. The number of rotatable bonds is 2. The van der Waals surface area contributed by atoms with Crippen molar-refractivity contribution in [1.82, 2.24) is 4.90 Å². The van der Waals surface area contributed by atoms with Gasteiger partial charge in [0.05, 0.1) is 0 Å². The smallest absolute Gasteiger partial charge is 0.225 e. The Kier molecular flexibility index (Phi) is 3.52. The van der Waals surface area contributed by atoms with Gasteiger partial charge in [0.25, 0.3) is 0 Å². The van der Waals surface area contributed by atoms with Crippen LogP contribution in [0.2, 0.25) is 0 Å². The second kappa shape index (κ2) is 4.45. The number of carbonyl (C=O) groups is 1. The van der Waals surface area contributed by atoms with Crippen LogP contribution in [0.1, 0.15) is 26.2 Å². The second-order valence-electron chi connectivity index (χ2n) is 4.04. The van der Waals surface area contributed by atoms with Gasteiger partial charge >= 0.3 is 0 Å². The van der Waals surface area contributed by atoms with E-state index in [1.165, 1.54) is 12.8 Å². The zero-order valence-electron chi connectivity index (χ0n) is 8.79. The maximum absolute atomic E-state index is 11.6. The summed E-state index contributed by atoms with van der Waals surface area (Å²) >= 11 is 0. The SMILES string of the molecule is CC(C(=O)N(C)C)[C@H]1C=CCCC1. The van der Waals surface area contributed by atoms with E-state index >= 15 is 0 Å². The van der Waals surface area contributed by atoms with E-state index in [-0.39, 0.29) is 11.8 Å². The normalized spacial score (nSPS) is 24.1. The van der Waals surface area contributed by atoms with Crippen molar-refractivity contribution in [1.29, 1.82) is 0 Å². The van der Waals surface area contributed by atoms with Gasteiger partial charge in [0, 0.05) is 20.0 Å². The van der Waals surface area contributed by atoms with E-state index in [0.29, 0.717) is 5.92 Å². The van der Waals surface area contributed by atoms with Gasteiger partial charge in [-0.25, -0.2) is 0 Å². The highest BCUT2D eigenvalue weighted by molar-refractivity contribution is 5.78. The molecule has 0 aromatic heterocycles. The predicted molar refractivity (Wildman–Crippen MR) is 54.3 cm³/mol. The molecule has 0 aliphatic heterocycles. The fourth-order valence-electron chi connectivity index (χ4n) is 1.85. The quantitative estimate of drug-likeness (QED) is 0.597. The highest BCUT2D eigenvalue weighted by Gasteiger charge is 2.23. The molecular formula is C11H19NO. The summed E-state index contributed by atoms with van der Waals surface area (Å²) in [5.41, 5.74) is 0. The topological polar surface area (TPSA) is 20.3 Å². The fourth-order valence-corrected chi connectivity index (χ4v) is 1.85. The molecule has 0 bridgehead atoms. The summed E-state index contributed by atoms with van der Waals surface area (Å²) in [6.45, 7) is 2.03. The van der Waals surface area contributed by atoms with Crippen LogP contribution in [0.15, 0.2) is 12.2 Å². The summed E-state index contributed by atoms with van der Waals surface area (Å²) in [7, 11) is 3.65. The molecule has 2 heteroatoms. The van der Waals surface area contributed by atoms with E-state index in [1.807, 2.05) is 21.0 Å². The van der Waals surface area contributed by atoms with Crippen LogP contribution in [0.25, 0.3) is 0 Å². The molecule has 0 saturated carbocycles. The van der Waals surface area contributed by atoms with Crippen molar-refractivity contribution in [2.75, 3.05) is 14.1 Å². The van der Waals surface area contributed by atoms with Crippen LogP contribution in [0.3, 0.4) is 0 Å². The highest BCUT2D eigenvalue weighted by atomic mass is 16.2. The summed E-state index contributed by atoms with van der Waals surface area (Å²) in [5, 5.41) is 0. The van der Waals surface area contributed by atoms with E-state index in [9.17, 15) is 4.79 Å². The molecule has 74 valence electrons. The first-order chi connectivity index (χ1) is 6.13. The summed E-state index contributed by atoms with van der Waals surface area (Å²) in [4.78, 5) is 13.3. The molecule has 13 heavy (non-hydrogen) atoms. The van der Waals surface area contributed by atoms with Crippen LogP contribution in [-0.2, 0) is 4.79 Å². The Morgan fingerprint density at radius 2 is 2.23 bits per heavy atom. The van der Waals surface area contributed by atoms with E-state index < -0.39 is 0 Å². The van der Waals surface area contributed by atoms with Gasteiger partial charge in [-0.2, -0.15) is 0 Å². The molecule has 1 amide bonds. The van der Waals surface area contributed by atoms with Gasteiger partial charge in [0.2, 0.25) is 5.91 Å². The third-order valence-corrected chi connectivity index (χ3v) is 2.76. The van der Waals surface area contributed by atoms with E-state index in [2.05, 4.69) is 12.2 Å². The Hall–Kier alpha value is -0.790. The molecule has 1 aliphatic carbocycles. The Labute approximate surface area is 80.6 Å². The van der Waals surface area contributed by atoms with Gasteiger partial charge < -0.3 is 4.90 Å². The number of amides is 1. The standard InChI is InChI=1S/C11H19NO/c1-9(11(13)12(2)3)10-7-5-4-6-8-10/h5,7,9-10H,4,6,8H2,1-3H3/t9?,10-/m0/s1. The minimum absolute atomic E-state index is 0.145. The minimum atomic E-state index is 0.145. The number of hydrogen-bond acceptors (Lipinski definition) is 1. The maximum Gasteiger partial charge on any atom is 0.225 e. The molecule has 0 saturated heterocycles. The first-order valence-corrected chi connectivity index (χ1v) is 5.00. The molecule has 2 nitrogen and oxygen atoms in total. The molecule has 1 unspecified atom stereocenters. The number of nitrogens with zero attached hydrogens (tertiary/aromatic N) is 1. The van der Waals surface area contributed by atoms with Crippen molar-refractivity contribution in [3.8, 4) is 0 Å². The largest absolute Gasteiger partial charge is 0.349 e. The Balaban J connectivity index is 2.55. The minimum Gasteiger partial charge on any atom is -0.349 e. The second-order valence-corrected chi connectivity index (χ2v) is 4.04. The van der Waals surface area contributed by atoms with Crippen LogP contribution in [0.4, 0.5) is 0 Å². The van der Waals surface area contributed by atoms with Crippen LogP contribution in [0.5, 0.6) is 0 Å². The molecule has 0 N–H and O–H groups in total. The average molecular weight is 181 g/mol. The van der Waals surface area contributed by atoms with Crippen molar-refractivity contribution in [3.05, 3.63) is 12.2 Å². The predicted octanol–water partition coefficient (Wildman–Crippen LogP) is 2.07. The Bertz CT molecular complexity index is 208. The van der Waals surface area contributed by atoms with Crippen LogP contribution in [0, 0.1) is 11.8 Å². The Morgan fingerprint density at radius 3 is 2.69 bits per heavy atom. The molecule has 0 fully saturated rings. The first-order valence-electron chi connectivity index (χ1n) is 5.00. The van der Waals surface area contributed by atoms with Gasteiger partial charge in [0.1, 0.15) is 0 Å². The first kappa shape index (κ1) is 10.3. The Morgan fingerprint density at radius 1 is 1.54 bits per heavy atom. The summed E-state index contributed by atoms with van der Waals surface area (Å²) in [6.07, 6.45) is 7.98. The zero-order valence-corrected chi connectivity index (χ0v) is 8.79. The van der Waals surface area contributed by atoms with Gasteiger partial charge in [0.15, 0.2) is 0 Å². The molecule has 1 rings (SSSR count). The zero-order chi connectivity index (χ0) is 9.84. The molecule has 0 radical (unpaired) electrons. The van der Waals surface area contributed by atoms with Crippen molar-refractivity contribution in [2.45, 2.75) is 26.2 Å². The lowest BCUT2D eigenvalue weighted by molar-refractivity contribution is -0.133. The van der Waals surface area contributed by atoms with Gasteiger partial charge in [-0.1, -0.05) is 19.1 Å².